The predicted molar refractivity (Wildman–Crippen MR) is 93.8 cm³/mol. The summed E-state index contributed by atoms with van der Waals surface area (Å²) in [4.78, 5) is 42.3. The number of hydrogen-bond donors (Lipinski definition) is 1. The van der Waals surface area contributed by atoms with Crippen LogP contribution in [0.3, 0.4) is 0 Å². The number of rotatable bonds is 5. The van der Waals surface area contributed by atoms with Gasteiger partial charge >= 0.3 is 0 Å². The molecule has 2 aromatic rings. The van der Waals surface area contributed by atoms with E-state index in [9.17, 15) is 14.4 Å². The Kier molecular flexibility index (Phi) is 5.11. The molecule has 1 aromatic carbocycles. The number of para-hydroxylation sites is 1. The fourth-order valence-electron chi connectivity index (χ4n) is 3.40. The van der Waals surface area contributed by atoms with Crippen LogP contribution in [-0.2, 0) is 16.1 Å². The van der Waals surface area contributed by atoms with E-state index in [-0.39, 0.29) is 42.8 Å². The monoisotopic (exact) mass is 342 g/mol. The molecule has 25 heavy (non-hydrogen) atoms. The van der Waals surface area contributed by atoms with E-state index in [0.29, 0.717) is 17.4 Å². The summed E-state index contributed by atoms with van der Waals surface area (Å²) in [6, 6.07) is 7.02. The van der Waals surface area contributed by atoms with Gasteiger partial charge in [0, 0.05) is 32.0 Å². The van der Waals surface area contributed by atoms with Crippen molar-refractivity contribution in [2.75, 3.05) is 6.54 Å². The number of fused-ring (bicyclic) bond motifs is 1. The number of nitrogens with two attached hydrogens (primary N) is 1. The van der Waals surface area contributed by atoms with Crippen LogP contribution >= 0.6 is 0 Å². The molecule has 1 saturated heterocycles. The summed E-state index contributed by atoms with van der Waals surface area (Å²) in [6.45, 7) is 0.914. The highest BCUT2D eigenvalue weighted by atomic mass is 16.2. The van der Waals surface area contributed by atoms with Crippen LogP contribution in [0.15, 0.2) is 35.4 Å². The van der Waals surface area contributed by atoms with Gasteiger partial charge in [-0.1, -0.05) is 12.1 Å². The Bertz CT molecular complexity index is 846. The van der Waals surface area contributed by atoms with Crippen molar-refractivity contribution in [3.63, 3.8) is 0 Å². The molecule has 0 radical (unpaired) electrons. The number of primary amides is 1. The van der Waals surface area contributed by atoms with Gasteiger partial charge in [-0.05, 0) is 31.4 Å². The average molecular weight is 342 g/mol. The molecule has 0 saturated carbocycles. The molecule has 1 aromatic heterocycles. The minimum absolute atomic E-state index is 0.0500. The first-order valence-electron chi connectivity index (χ1n) is 8.58. The van der Waals surface area contributed by atoms with Gasteiger partial charge in [0.1, 0.15) is 0 Å². The molecule has 0 bridgehead atoms. The quantitative estimate of drug-likeness (QED) is 0.878. The van der Waals surface area contributed by atoms with Gasteiger partial charge in [-0.15, -0.1) is 0 Å². The number of hydrogen-bond acceptors (Lipinski definition) is 4. The number of carbonyl (C=O) groups excluding carboxylic acids is 2. The van der Waals surface area contributed by atoms with Gasteiger partial charge in [0.2, 0.25) is 11.8 Å². The van der Waals surface area contributed by atoms with E-state index in [0.717, 1.165) is 19.3 Å². The van der Waals surface area contributed by atoms with Crippen LogP contribution in [0.1, 0.15) is 32.1 Å². The second kappa shape index (κ2) is 7.46. The zero-order chi connectivity index (χ0) is 17.8. The summed E-state index contributed by atoms with van der Waals surface area (Å²) in [7, 11) is 0. The van der Waals surface area contributed by atoms with Crippen LogP contribution in [0.25, 0.3) is 10.9 Å². The molecule has 2 N–H and O–H groups in total. The minimum Gasteiger partial charge on any atom is -0.370 e. The number of nitrogens with zero attached hydrogens (tertiary/aromatic N) is 3. The number of carbonyl (C=O) groups is 2. The van der Waals surface area contributed by atoms with Gasteiger partial charge < -0.3 is 10.6 Å². The molecule has 1 atom stereocenters. The zero-order valence-corrected chi connectivity index (χ0v) is 14.1. The predicted octanol–water partition coefficient (Wildman–Crippen LogP) is 1.04. The van der Waals surface area contributed by atoms with Gasteiger partial charge in [-0.2, -0.15) is 0 Å². The van der Waals surface area contributed by atoms with Gasteiger partial charge in [0.25, 0.3) is 5.56 Å². The van der Waals surface area contributed by atoms with Gasteiger partial charge in [0.15, 0.2) is 0 Å². The van der Waals surface area contributed by atoms with E-state index in [1.807, 2.05) is 6.07 Å². The first kappa shape index (κ1) is 17.1. The molecule has 2 amide bonds. The molecule has 132 valence electrons. The van der Waals surface area contributed by atoms with Crippen LogP contribution in [0, 0.1) is 0 Å². The van der Waals surface area contributed by atoms with Crippen LogP contribution in [0.2, 0.25) is 0 Å². The van der Waals surface area contributed by atoms with E-state index < -0.39 is 0 Å². The Morgan fingerprint density at radius 3 is 2.84 bits per heavy atom. The second-order valence-corrected chi connectivity index (χ2v) is 6.42. The lowest BCUT2D eigenvalue weighted by Gasteiger charge is -2.35. The Morgan fingerprint density at radius 2 is 2.04 bits per heavy atom. The average Bonchev–Trinajstić information content (AvgIpc) is 2.61. The van der Waals surface area contributed by atoms with Gasteiger partial charge in [-0.3, -0.25) is 19.0 Å². The summed E-state index contributed by atoms with van der Waals surface area (Å²) in [6.07, 6.45) is 4.61. The lowest BCUT2D eigenvalue weighted by molar-refractivity contribution is -0.136. The summed E-state index contributed by atoms with van der Waals surface area (Å²) in [5.74, 6) is -0.439. The SMILES string of the molecule is NC(=O)C[C@H]1CCCCN1C(=O)CCn1cnc2ccccc2c1=O. The largest absolute Gasteiger partial charge is 0.370 e. The van der Waals surface area contributed by atoms with E-state index in [2.05, 4.69) is 4.98 Å². The second-order valence-electron chi connectivity index (χ2n) is 6.42. The maximum absolute atomic E-state index is 12.6. The smallest absolute Gasteiger partial charge is 0.261 e. The fourth-order valence-corrected chi connectivity index (χ4v) is 3.40. The van der Waals surface area contributed by atoms with Crippen molar-refractivity contribution in [2.45, 2.75) is 44.7 Å². The number of likely N-dealkylation sites (tertiary alicyclic amines) is 1. The molecular weight excluding hydrogens is 320 g/mol. The maximum atomic E-state index is 12.6. The molecular formula is C18H22N4O3. The number of aromatic nitrogens is 2. The minimum atomic E-state index is -0.389. The summed E-state index contributed by atoms with van der Waals surface area (Å²) in [5.41, 5.74) is 5.79. The Hall–Kier alpha value is -2.70. The van der Waals surface area contributed by atoms with Crippen molar-refractivity contribution in [1.29, 1.82) is 0 Å². The number of benzene rings is 1. The highest BCUT2D eigenvalue weighted by Gasteiger charge is 2.27. The third-order valence-electron chi connectivity index (χ3n) is 4.68. The van der Waals surface area contributed by atoms with Crippen LogP contribution < -0.4 is 11.3 Å². The van der Waals surface area contributed by atoms with Crippen molar-refractivity contribution in [2.24, 2.45) is 5.73 Å². The molecule has 1 fully saturated rings. The molecule has 3 rings (SSSR count). The normalized spacial score (nSPS) is 17.6. The van der Waals surface area contributed by atoms with Crippen molar-refractivity contribution < 1.29 is 9.59 Å². The van der Waals surface area contributed by atoms with E-state index in [1.54, 1.807) is 23.1 Å². The topological polar surface area (TPSA) is 98.3 Å². The van der Waals surface area contributed by atoms with Gasteiger partial charge in [0.05, 0.1) is 17.2 Å². The Morgan fingerprint density at radius 1 is 1.24 bits per heavy atom. The zero-order valence-electron chi connectivity index (χ0n) is 14.1. The molecule has 1 aliphatic rings. The third-order valence-corrected chi connectivity index (χ3v) is 4.68. The van der Waals surface area contributed by atoms with Gasteiger partial charge in [-0.25, -0.2) is 4.98 Å². The van der Waals surface area contributed by atoms with Crippen molar-refractivity contribution >= 4 is 22.7 Å². The number of aryl methyl sites for hydroxylation is 1. The van der Waals surface area contributed by atoms with Crippen LogP contribution in [0.4, 0.5) is 0 Å². The van der Waals surface area contributed by atoms with Crippen LogP contribution in [0.5, 0.6) is 0 Å². The first-order chi connectivity index (χ1) is 12.1. The van der Waals surface area contributed by atoms with E-state index >= 15 is 0 Å². The summed E-state index contributed by atoms with van der Waals surface area (Å²) in [5, 5.41) is 0.544. The molecule has 0 unspecified atom stereocenters. The lowest BCUT2D eigenvalue weighted by Crippen LogP contribution is -2.45. The van der Waals surface area contributed by atoms with E-state index in [4.69, 9.17) is 5.73 Å². The summed E-state index contributed by atoms with van der Waals surface area (Å²) < 4.78 is 1.47. The highest BCUT2D eigenvalue weighted by molar-refractivity contribution is 5.79. The molecule has 7 nitrogen and oxygen atoms in total. The molecule has 2 heterocycles. The molecule has 0 spiro atoms. The Balaban J connectivity index is 1.70. The molecule has 1 aliphatic heterocycles. The highest BCUT2D eigenvalue weighted by Crippen LogP contribution is 2.20. The fraction of sp³-hybridized carbons (Fsp3) is 0.444. The Labute approximate surface area is 145 Å². The number of piperidine rings is 1. The third kappa shape index (κ3) is 3.87. The maximum Gasteiger partial charge on any atom is 0.261 e. The van der Waals surface area contributed by atoms with Crippen molar-refractivity contribution in [1.82, 2.24) is 14.5 Å². The van der Waals surface area contributed by atoms with Crippen LogP contribution in [-0.4, -0.2) is 38.9 Å². The molecule has 0 aliphatic carbocycles. The summed E-state index contributed by atoms with van der Waals surface area (Å²) >= 11 is 0. The number of amides is 2. The van der Waals surface area contributed by atoms with E-state index in [1.165, 1.54) is 10.9 Å². The first-order valence-corrected chi connectivity index (χ1v) is 8.58. The van der Waals surface area contributed by atoms with Crippen molar-refractivity contribution in [3.8, 4) is 0 Å². The molecule has 7 heteroatoms. The lowest BCUT2D eigenvalue weighted by atomic mass is 9.98. The standard InChI is InChI=1S/C18H22N4O3/c19-16(23)11-13-5-3-4-9-22(13)17(24)8-10-21-12-20-15-7-2-1-6-14(15)18(21)25/h1-2,6-7,12-13H,3-5,8-11H2,(H2,19,23)/t13-/m1/s1. The van der Waals surface area contributed by atoms with Crippen molar-refractivity contribution in [3.05, 3.63) is 40.9 Å².